The second kappa shape index (κ2) is 9.06. The van der Waals surface area contributed by atoms with Gasteiger partial charge in [-0.1, -0.05) is 49.8 Å². The van der Waals surface area contributed by atoms with E-state index in [1.807, 2.05) is 30.3 Å². The van der Waals surface area contributed by atoms with Gasteiger partial charge in [0.05, 0.1) is 10.2 Å². The molecule has 0 fully saturated rings. The lowest BCUT2D eigenvalue weighted by molar-refractivity contribution is 0.0977. The van der Waals surface area contributed by atoms with E-state index in [1.54, 1.807) is 11.3 Å². The molecule has 4 nitrogen and oxygen atoms in total. The lowest BCUT2D eigenvalue weighted by Crippen LogP contribution is -2.34. The number of hydrogen-bond acceptors (Lipinski definition) is 4. The second-order valence-electron chi connectivity index (χ2n) is 6.38. The Morgan fingerprint density at radius 3 is 2.56 bits per heavy atom. The van der Waals surface area contributed by atoms with Crippen LogP contribution in [0.4, 0.5) is 5.13 Å². The molecule has 0 atom stereocenters. The van der Waals surface area contributed by atoms with E-state index < -0.39 is 0 Å². The highest BCUT2D eigenvalue weighted by molar-refractivity contribution is 7.80. The third kappa shape index (κ3) is 5.11. The number of rotatable bonds is 6. The first kappa shape index (κ1) is 19.5. The maximum absolute atomic E-state index is 12.3. The maximum atomic E-state index is 12.3. The molecule has 2 N–H and O–H groups in total. The average Bonchev–Trinajstić information content (AvgIpc) is 3.07. The van der Waals surface area contributed by atoms with Crippen molar-refractivity contribution in [2.24, 2.45) is 0 Å². The largest absolute Gasteiger partial charge is 0.308 e. The predicted molar refractivity (Wildman–Crippen MR) is 118 cm³/mol. The number of unbranched alkanes of at least 4 members (excludes halogenated alkanes) is 1. The van der Waals surface area contributed by atoms with Gasteiger partial charge in [-0.05, 0) is 66.9 Å². The summed E-state index contributed by atoms with van der Waals surface area (Å²) in [5, 5.41) is 6.68. The van der Waals surface area contributed by atoms with E-state index in [2.05, 4.69) is 41.6 Å². The molecule has 0 spiro atoms. The van der Waals surface area contributed by atoms with Crippen LogP contribution in [0.5, 0.6) is 0 Å². The molecule has 1 heterocycles. The van der Waals surface area contributed by atoms with E-state index in [9.17, 15) is 4.79 Å². The molecule has 6 heteroatoms. The Morgan fingerprint density at radius 2 is 1.85 bits per heavy atom. The number of thiazole rings is 1. The highest BCUT2D eigenvalue weighted by Gasteiger charge is 2.10. The van der Waals surface area contributed by atoms with E-state index in [-0.39, 0.29) is 11.0 Å². The summed E-state index contributed by atoms with van der Waals surface area (Å²) in [4.78, 5) is 16.9. The van der Waals surface area contributed by atoms with E-state index in [1.165, 1.54) is 24.0 Å². The molecule has 1 amide bonds. The van der Waals surface area contributed by atoms with Crippen molar-refractivity contribution < 1.29 is 4.79 Å². The van der Waals surface area contributed by atoms with Crippen molar-refractivity contribution in [2.45, 2.75) is 39.5 Å². The molecule has 0 saturated heterocycles. The van der Waals surface area contributed by atoms with Crippen LogP contribution >= 0.6 is 23.6 Å². The van der Waals surface area contributed by atoms with Crippen LogP contribution in [0.3, 0.4) is 0 Å². The summed E-state index contributed by atoms with van der Waals surface area (Å²) in [6.07, 6.45) is 4.39. The van der Waals surface area contributed by atoms with Crippen LogP contribution in [0.15, 0.2) is 42.5 Å². The van der Waals surface area contributed by atoms with E-state index in [4.69, 9.17) is 12.2 Å². The van der Waals surface area contributed by atoms with Gasteiger partial charge >= 0.3 is 0 Å². The van der Waals surface area contributed by atoms with Gasteiger partial charge in [0.2, 0.25) is 0 Å². The highest BCUT2D eigenvalue weighted by Crippen LogP contribution is 2.27. The summed E-state index contributed by atoms with van der Waals surface area (Å²) in [7, 11) is 0. The van der Waals surface area contributed by atoms with Crippen molar-refractivity contribution >= 4 is 49.9 Å². The van der Waals surface area contributed by atoms with Gasteiger partial charge < -0.3 is 5.32 Å². The SMILES string of the molecule is CCCCc1ccc2nc(NC(=S)NC(=O)c3ccc(CC)cc3)sc2c1. The predicted octanol–water partition coefficient (Wildman–Crippen LogP) is 5.33. The van der Waals surface area contributed by atoms with Gasteiger partial charge in [0, 0.05) is 5.56 Å². The first-order valence-corrected chi connectivity index (χ1v) is 10.4. The number of benzene rings is 2. The summed E-state index contributed by atoms with van der Waals surface area (Å²) in [6.45, 7) is 4.28. The third-order valence-corrected chi connectivity index (χ3v) is 5.48. The number of aryl methyl sites for hydroxylation is 2. The molecule has 0 unspecified atom stereocenters. The van der Waals surface area contributed by atoms with E-state index in [0.717, 1.165) is 23.1 Å². The monoisotopic (exact) mass is 397 g/mol. The Labute approximate surface area is 169 Å². The van der Waals surface area contributed by atoms with Crippen LogP contribution in [0.25, 0.3) is 10.2 Å². The molecule has 0 aliphatic heterocycles. The van der Waals surface area contributed by atoms with Crippen molar-refractivity contribution in [1.82, 2.24) is 10.3 Å². The van der Waals surface area contributed by atoms with Crippen LogP contribution in [0, 0.1) is 0 Å². The second-order valence-corrected chi connectivity index (χ2v) is 7.82. The quantitative estimate of drug-likeness (QED) is 0.552. The minimum Gasteiger partial charge on any atom is -0.308 e. The Morgan fingerprint density at radius 1 is 1.11 bits per heavy atom. The fourth-order valence-electron chi connectivity index (χ4n) is 2.75. The Kier molecular flexibility index (Phi) is 6.53. The molecule has 3 aromatic rings. The van der Waals surface area contributed by atoms with Gasteiger partial charge in [-0.2, -0.15) is 0 Å². The number of thiocarbonyl (C=S) groups is 1. The summed E-state index contributed by atoms with van der Waals surface area (Å²) < 4.78 is 1.12. The molecule has 140 valence electrons. The zero-order chi connectivity index (χ0) is 19.2. The number of anilines is 1. The average molecular weight is 398 g/mol. The summed E-state index contributed by atoms with van der Waals surface area (Å²) in [5.41, 5.74) is 4.04. The Bertz CT molecular complexity index is 948. The standard InChI is InChI=1S/C21H23N3OS2/c1-3-5-6-15-9-12-17-18(13-15)27-21(22-17)24-20(26)23-19(25)16-10-7-14(4-2)8-11-16/h7-13H,3-6H2,1-2H3,(H2,22,23,24,25,26). The first-order chi connectivity index (χ1) is 13.1. The number of carbonyl (C=O) groups excluding carboxylic acids is 1. The van der Waals surface area contributed by atoms with Crippen LogP contribution in [0.1, 0.15) is 48.2 Å². The molecule has 27 heavy (non-hydrogen) atoms. The van der Waals surface area contributed by atoms with Gasteiger partial charge in [0.15, 0.2) is 10.2 Å². The molecular weight excluding hydrogens is 374 g/mol. The van der Waals surface area contributed by atoms with Gasteiger partial charge in [0.1, 0.15) is 0 Å². The first-order valence-electron chi connectivity index (χ1n) is 9.19. The smallest absolute Gasteiger partial charge is 0.257 e. The molecule has 0 radical (unpaired) electrons. The normalized spacial score (nSPS) is 10.7. The molecule has 3 rings (SSSR count). The van der Waals surface area contributed by atoms with Crippen LogP contribution < -0.4 is 10.6 Å². The van der Waals surface area contributed by atoms with Crippen molar-refractivity contribution in [3.63, 3.8) is 0 Å². The van der Waals surface area contributed by atoms with Gasteiger partial charge in [0.25, 0.3) is 5.91 Å². The number of nitrogens with zero attached hydrogens (tertiary/aromatic N) is 1. The van der Waals surface area contributed by atoms with Crippen molar-refractivity contribution in [2.75, 3.05) is 5.32 Å². The van der Waals surface area contributed by atoms with Crippen LogP contribution in [-0.4, -0.2) is 16.0 Å². The number of fused-ring (bicyclic) bond motifs is 1. The molecule has 0 aliphatic carbocycles. The van der Waals surface area contributed by atoms with Crippen LogP contribution in [0.2, 0.25) is 0 Å². The fourth-order valence-corrected chi connectivity index (χ4v) is 3.94. The van der Waals surface area contributed by atoms with Gasteiger partial charge in [-0.15, -0.1) is 0 Å². The van der Waals surface area contributed by atoms with E-state index >= 15 is 0 Å². The number of hydrogen-bond donors (Lipinski definition) is 2. The topological polar surface area (TPSA) is 54.0 Å². The molecule has 2 aromatic carbocycles. The van der Waals surface area contributed by atoms with Crippen molar-refractivity contribution in [1.29, 1.82) is 0 Å². The Balaban J connectivity index is 1.63. The highest BCUT2D eigenvalue weighted by atomic mass is 32.1. The molecule has 0 bridgehead atoms. The minimum absolute atomic E-state index is 0.224. The molecule has 0 aliphatic rings. The lowest BCUT2D eigenvalue weighted by atomic mass is 10.1. The molecular formula is C21H23N3OS2. The third-order valence-electron chi connectivity index (χ3n) is 4.34. The zero-order valence-electron chi connectivity index (χ0n) is 15.5. The molecule has 0 saturated carbocycles. The zero-order valence-corrected chi connectivity index (χ0v) is 17.2. The fraction of sp³-hybridized carbons (Fsp3) is 0.286. The number of carbonyl (C=O) groups is 1. The number of amides is 1. The van der Waals surface area contributed by atoms with Gasteiger partial charge in [-0.3, -0.25) is 10.1 Å². The van der Waals surface area contributed by atoms with Crippen molar-refractivity contribution in [3.8, 4) is 0 Å². The summed E-state index contributed by atoms with van der Waals surface area (Å²) in [5.74, 6) is -0.224. The van der Waals surface area contributed by atoms with Crippen molar-refractivity contribution in [3.05, 3.63) is 59.2 Å². The summed E-state index contributed by atoms with van der Waals surface area (Å²) >= 11 is 6.81. The minimum atomic E-state index is -0.224. The number of aromatic nitrogens is 1. The Hall–Kier alpha value is -2.31. The molecule has 1 aromatic heterocycles. The maximum Gasteiger partial charge on any atom is 0.257 e. The lowest BCUT2D eigenvalue weighted by Gasteiger charge is -2.07. The summed E-state index contributed by atoms with van der Waals surface area (Å²) in [6, 6.07) is 13.9. The van der Waals surface area contributed by atoms with E-state index in [0.29, 0.717) is 10.7 Å². The van der Waals surface area contributed by atoms with Gasteiger partial charge in [-0.25, -0.2) is 4.98 Å². The van der Waals surface area contributed by atoms with Crippen LogP contribution in [-0.2, 0) is 12.8 Å². The number of nitrogens with one attached hydrogen (secondary N) is 2.